The van der Waals surface area contributed by atoms with E-state index in [1.165, 1.54) is 0 Å². The average molecular weight is 371 g/mol. The summed E-state index contributed by atoms with van der Waals surface area (Å²) in [6.45, 7) is 11.5. The summed E-state index contributed by atoms with van der Waals surface area (Å²) in [5, 5.41) is 0.153. The lowest BCUT2D eigenvalue weighted by Gasteiger charge is -2.39. The summed E-state index contributed by atoms with van der Waals surface area (Å²) in [6.07, 6.45) is 3.16. The third-order valence-corrected chi connectivity index (χ3v) is 9.29. The standard InChI is InChI=1S/C16H23BrO3Si/c1-15(2,3)21(4,5)20-12-16(18-10-11-19-16)13-6-8-14(17)9-7-13/h6-11H,12H2,1-5H3. The lowest BCUT2D eigenvalue weighted by molar-refractivity contribution is -0.173. The third-order valence-electron chi connectivity index (χ3n) is 4.29. The van der Waals surface area contributed by atoms with E-state index in [2.05, 4.69) is 49.8 Å². The Bertz CT molecular complexity index is 509. The lowest BCUT2D eigenvalue weighted by Crippen LogP contribution is -2.45. The van der Waals surface area contributed by atoms with Crippen molar-refractivity contribution < 1.29 is 13.9 Å². The zero-order valence-electron chi connectivity index (χ0n) is 13.3. The highest BCUT2D eigenvalue weighted by atomic mass is 79.9. The summed E-state index contributed by atoms with van der Waals surface area (Å²) in [5.74, 6) is -0.865. The molecule has 0 N–H and O–H groups in total. The molecule has 0 radical (unpaired) electrons. The van der Waals surface area contributed by atoms with Gasteiger partial charge in [-0.05, 0) is 30.3 Å². The first-order valence-corrected chi connectivity index (χ1v) is 10.8. The molecule has 0 saturated heterocycles. The Balaban J connectivity index is 2.19. The van der Waals surface area contributed by atoms with Gasteiger partial charge in [-0.2, -0.15) is 0 Å². The average Bonchev–Trinajstić information content (AvgIpc) is 2.86. The molecule has 0 fully saturated rings. The molecule has 1 aliphatic rings. The van der Waals surface area contributed by atoms with Crippen LogP contribution in [-0.4, -0.2) is 14.9 Å². The Kier molecular flexibility index (Phi) is 4.56. The van der Waals surface area contributed by atoms with Crippen LogP contribution in [0.3, 0.4) is 0 Å². The van der Waals surface area contributed by atoms with E-state index in [9.17, 15) is 0 Å². The van der Waals surface area contributed by atoms with Crippen molar-refractivity contribution >= 4 is 24.2 Å². The second-order valence-electron chi connectivity index (χ2n) is 6.82. The van der Waals surface area contributed by atoms with Crippen LogP contribution in [0.2, 0.25) is 18.1 Å². The van der Waals surface area contributed by atoms with Gasteiger partial charge >= 0.3 is 0 Å². The molecule has 0 saturated carbocycles. The summed E-state index contributed by atoms with van der Waals surface area (Å²) in [4.78, 5) is 0. The minimum Gasteiger partial charge on any atom is -0.451 e. The molecule has 1 aromatic carbocycles. The van der Waals surface area contributed by atoms with E-state index in [1.807, 2.05) is 24.3 Å². The van der Waals surface area contributed by atoms with Crippen molar-refractivity contribution in [1.82, 2.24) is 0 Å². The fraction of sp³-hybridized carbons (Fsp3) is 0.500. The Labute approximate surface area is 136 Å². The largest absolute Gasteiger partial charge is 0.451 e. The highest BCUT2D eigenvalue weighted by Gasteiger charge is 2.44. The molecule has 0 unspecified atom stereocenters. The molecule has 3 nitrogen and oxygen atoms in total. The normalized spacial score (nSPS) is 17.4. The third kappa shape index (κ3) is 3.52. The highest BCUT2D eigenvalue weighted by molar-refractivity contribution is 9.10. The van der Waals surface area contributed by atoms with Crippen LogP contribution in [0.25, 0.3) is 0 Å². The molecule has 21 heavy (non-hydrogen) atoms. The predicted molar refractivity (Wildman–Crippen MR) is 90.3 cm³/mol. The van der Waals surface area contributed by atoms with Gasteiger partial charge in [0.15, 0.2) is 8.32 Å². The molecule has 5 heteroatoms. The summed E-state index contributed by atoms with van der Waals surface area (Å²) < 4.78 is 18.8. The van der Waals surface area contributed by atoms with Crippen molar-refractivity contribution in [2.45, 2.75) is 44.7 Å². The van der Waals surface area contributed by atoms with Gasteiger partial charge in [0.05, 0.1) is 0 Å². The fourth-order valence-corrected chi connectivity index (χ4v) is 3.03. The summed E-state index contributed by atoms with van der Waals surface area (Å²) in [5.41, 5.74) is 0.953. The summed E-state index contributed by atoms with van der Waals surface area (Å²) in [6, 6.07) is 7.95. The van der Waals surface area contributed by atoms with Crippen LogP contribution in [-0.2, 0) is 19.7 Å². The zero-order valence-corrected chi connectivity index (χ0v) is 15.9. The number of benzene rings is 1. The molecule has 0 aromatic heterocycles. The number of hydrogen-bond acceptors (Lipinski definition) is 3. The van der Waals surface area contributed by atoms with Gasteiger partial charge in [-0.1, -0.05) is 48.8 Å². The van der Waals surface area contributed by atoms with Gasteiger partial charge in [-0.25, -0.2) is 0 Å². The van der Waals surface area contributed by atoms with E-state index in [-0.39, 0.29) is 5.04 Å². The topological polar surface area (TPSA) is 27.7 Å². The van der Waals surface area contributed by atoms with Crippen molar-refractivity contribution in [1.29, 1.82) is 0 Å². The Hall–Kier alpha value is -0.783. The van der Waals surface area contributed by atoms with Crippen LogP contribution >= 0.6 is 15.9 Å². The molecule has 1 aromatic rings. The van der Waals surface area contributed by atoms with Gasteiger partial charge in [-0.15, -0.1) is 0 Å². The number of ether oxygens (including phenoxy) is 2. The van der Waals surface area contributed by atoms with E-state index in [4.69, 9.17) is 13.9 Å². The van der Waals surface area contributed by atoms with Gasteiger partial charge < -0.3 is 13.9 Å². The van der Waals surface area contributed by atoms with Crippen molar-refractivity contribution in [3.8, 4) is 0 Å². The molecule has 1 aliphatic heterocycles. The monoisotopic (exact) mass is 370 g/mol. The molecular formula is C16H23BrO3Si. The quantitative estimate of drug-likeness (QED) is 0.686. The van der Waals surface area contributed by atoms with Gasteiger partial charge in [0.2, 0.25) is 0 Å². The van der Waals surface area contributed by atoms with Crippen LogP contribution in [0.15, 0.2) is 41.3 Å². The van der Waals surface area contributed by atoms with Gasteiger partial charge in [0, 0.05) is 10.0 Å². The summed E-state index contributed by atoms with van der Waals surface area (Å²) in [7, 11) is -1.86. The van der Waals surface area contributed by atoms with Gasteiger partial charge in [0.1, 0.15) is 19.1 Å². The van der Waals surface area contributed by atoms with E-state index in [0.29, 0.717) is 6.61 Å². The second-order valence-corrected chi connectivity index (χ2v) is 12.5. The number of halogens is 1. The van der Waals surface area contributed by atoms with Crippen LogP contribution in [0.4, 0.5) is 0 Å². The Morgan fingerprint density at radius 3 is 2.10 bits per heavy atom. The first kappa shape index (κ1) is 16.6. The second kappa shape index (κ2) is 5.78. The first-order chi connectivity index (χ1) is 9.66. The Morgan fingerprint density at radius 1 is 1.10 bits per heavy atom. The van der Waals surface area contributed by atoms with Crippen LogP contribution in [0.5, 0.6) is 0 Å². The maximum atomic E-state index is 6.30. The maximum Gasteiger partial charge on any atom is 0.299 e. The molecule has 0 amide bonds. The van der Waals surface area contributed by atoms with Gasteiger partial charge in [0.25, 0.3) is 5.79 Å². The Morgan fingerprint density at radius 2 is 1.62 bits per heavy atom. The lowest BCUT2D eigenvalue weighted by atomic mass is 10.1. The minimum absolute atomic E-state index is 0.153. The molecule has 0 aliphatic carbocycles. The minimum atomic E-state index is -1.86. The van der Waals surface area contributed by atoms with E-state index in [1.54, 1.807) is 12.5 Å². The molecule has 0 spiro atoms. The smallest absolute Gasteiger partial charge is 0.299 e. The number of hydrogen-bond donors (Lipinski definition) is 0. The van der Waals surface area contributed by atoms with Crippen LogP contribution in [0, 0.1) is 0 Å². The molecule has 0 atom stereocenters. The van der Waals surface area contributed by atoms with Crippen molar-refractivity contribution in [3.63, 3.8) is 0 Å². The van der Waals surface area contributed by atoms with Crippen LogP contribution in [0.1, 0.15) is 26.3 Å². The fourth-order valence-electron chi connectivity index (χ4n) is 1.79. The van der Waals surface area contributed by atoms with Gasteiger partial charge in [-0.3, -0.25) is 0 Å². The molecule has 116 valence electrons. The molecule has 0 bridgehead atoms. The molecule has 2 rings (SSSR count). The number of rotatable bonds is 4. The SMILES string of the molecule is CC(C)(C)[Si](C)(C)OCC1(c2ccc(Br)cc2)OC=CO1. The van der Waals surface area contributed by atoms with E-state index >= 15 is 0 Å². The van der Waals surface area contributed by atoms with Crippen LogP contribution < -0.4 is 0 Å². The maximum absolute atomic E-state index is 6.30. The first-order valence-electron chi connectivity index (χ1n) is 7.07. The summed E-state index contributed by atoms with van der Waals surface area (Å²) >= 11 is 3.45. The molecular weight excluding hydrogens is 348 g/mol. The van der Waals surface area contributed by atoms with Crippen molar-refractivity contribution in [2.24, 2.45) is 0 Å². The van der Waals surface area contributed by atoms with E-state index in [0.717, 1.165) is 10.0 Å². The van der Waals surface area contributed by atoms with Crippen molar-refractivity contribution in [3.05, 3.63) is 46.8 Å². The van der Waals surface area contributed by atoms with Crippen molar-refractivity contribution in [2.75, 3.05) is 6.61 Å². The molecule has 1 heterocycles. The van der Waals surface area contributed by atoms with E-state index < -0.39 is 14.1 Å². The highest BCUT2D eigenvalue weighted by Crippen LogP contribution is 2.40. The predicted octanol–water partition coefficient (Wildman–Crippen LogP) is 5.14. The zero-order chi connectivity index (χ0) is 15.7.